The molecular formula is C28H47NO2. The standard InChI is InChI=1S/C28H47NO2/c1-3-5-7-9-11-13-15-17-19-27(30)24-21-22-26(29)25(23-24)28(31)20-18-16-14-12-10-8-6-4-2/h21-23H,3-20,29H2,1-2H3. The van der Waals surface area contributed by atoms with Crippen molar-refractivity contribution >= 4 is 17.3 Å². The lowest BCUT2D eigenvalue weighted by Gasteiger charge is -2.08. The average molecular weight is 430 g/mol. The van der Waals surface area contributed by atoms with Crippen LogP contribution in [-0.2, 0) is 0 Å². The number of benzene rings is 1. The topological polar surface area (TPSA) is 60.2 Å². The monoisotopic (exact) mass is 429 g/mol. The summed E-state index contributed by atoms with van der Waals surface area (Å²) in [5.41, 5.74) is 7.71. The summed E-state index contributed by atoms with van der Waals surface area (Å²) in [7, 11) is 0. The molecule has 0 bridgehead atoms. The van der Waals surface area contributed by atoms with Crippen molar-refractivity contribution in [1.29, 1.82) is 0 Å². The molecule has 0 radical (unpaired) electrons. The van der Waals surface area contributed by atoms with E-state index in [1.165, 1.54) is 77.0 Å². The van der Waals surface area contributed by atoms with Gasteiger partial charge in [-0.15, -0.1) is 0 Å². The number of ketones is 2. The quantitative estimate of drug-likeness (QED) is 0.128. The van der Waals surface area contributed by atoms with Crippen LogP contribution in [-0.4, -0.2) is 11.6 Å². The second-order valence-electron chi connectivity index (χ2n) is 9.10. The molecule has 0 atom stereocenters. The minimum absolute atomic E-state index is 0.0743. The molecule has 0 saturated carbocycles. The first-order valence-electron chi connectivity index (χ1n) is 13.1. The van der Waals surface area contributed by atoms with E-state index in [0.29, 0.717) is 29.7 Å². The summed E-state index contributed by atoms with van der Waals surface area (Å²) in [6.07, 6.45) is 20.5. The zero-order valence-corrected chi connectivity index (χ0v) is 20.4. The van der Waals surface area contributed by atoms with E-state index in [1.54, 1.807) is 18.2 Å². The maximum atomic E-state index is 12.6. The summed E-state index contributed by atoms with van der Waals surface area (Å²) in [5, 5.41) is 0. The summed E-state index contributed by atoms with van der Waals surface area (Å²) >= 11 is 0. The Morgan fingerprint density at radius 3 is 1.52 bits per heavy atom. The SMILES string of the molecule is CCCCCCCCCCC(=O)c1ccc(N)c(C(=O)CCCCCCCCCC)c1. The van der Waals surface area contributed by atoms with Gasteiger partial charge >= 0.3 is 0 Å². The van der Waals surface area contributed by atoms with E-state index in [9.17, 15) is 9.59 Å². The van der Waals surface area contributed by atoms with Crippen LogP contribution in [0, 0.1) is 0 Å². The molecule has 0 amide bonds. The number of nitrogens with two attached hydrogens (primary N) is 1. The lowest BCUT2D eigenvalue weighted by atomic mass is 9.97. The van der Waals surface area contributed by atoms with Gasteiger partial charge in [0.15, 0.2) is 11.6 Å². The summed E-state index contributed by atoms with van der Waals surface area (Å²) in [6.45, 7) is 4.47. The third-order valence-electron chi connectivity index (χ3n) is 6.19. The second-order valence-corrected chi connectivity index (χ2v) is 9.10. The van der Waals surface area contributed by atoms with E-state index in [-0.39, 0.29) is 11.6 Å². The van der Waals surface area contributed by atoms with Crippen LogP contribution in [0.15, 0.2) is 18.2 Å². The highest BCUT2D eigenvalue weighted by Crippen LogP contribution is 2.20. The normalized spacial score (nSPS) is 11.0. The van der Waals surface area contributed by atoms with Crippen molar-refractivity contribution in [2.45, 2.75) is 129 Å². The Morgan fingerprint density at radius 2 is 1.03 bits per heavy atom. The molecule has 1 aromatic carbocycles. The predicted molar refractivity (Wildman–Crippen MR) is 134 cm³/mol. The molecule has 2 N–H and O–H groups in total. The van der Waals surface area contributed by atoms with E-state index in [2.05, 4.69) is 13.8 Å². The zero-order valence-electron chi connectivity index (χ0n) is 20.4. The highest BCUT2D eigenvalue weighted by Gasteiger charge is 2.14. The predicted octanol–water partition coefficient (Wildman–Crippen LogP) is 8.70. The number of unbranched alkanes of at least 4 members (excludes halogenated alkanes) is 14. The lowest BCUT2D eigenvalue weighted by molar-refractivity contribution is 0.0978. The fourth-order valence-corrected chi connectivity index (χ4v) is 4.09. The van der Waals surface area contributed by atoms with Crippen LogP contribution in [0.4, 0.5) is 5.69 Å². The lowest BCUT2D eigenvalue weighted by Crippen LogP contribution is -2.07. The maximum Gasteiger partial charge on any atom is 0.164 e. The van der Waals surface area contributed by atoms with E-state index < -0.39 is 0 Å². The third kappa shape index (κ3) is 12.7. The van der Waals surface area contributed by atoms with Crippen LogP contribution in [0.2, 0.25) is 0 Å². The molecule has 1 aromatic rings. The Bertz CT molecular complexity index is 623. The number of anilines is 1. The Hall–Kier alpha value is -1.64. The number of rotatable bonds is 20. The molecule has 0 heterocycles. The Morgan fingerprint density at radius 1 is 0.613 bits per heavy atom. The molecule has 0 aliphatic rings. The molecule has 0 aliphatic heterocycles. The average Bonchev–Trinajstić information content (AvgIpc) is 2.77. The molecule has 0 fully saturated rings. The molecule has 31 heavy (non-hydrogen) atoms. The molecule has 176 valence electrons. The third-order valence-corrected chi connectivity index (χ3v) is 6.19. The highest BCUT2D eigenvalue weighted by molar-refractivity contribution is 6.04. The van der Waals surface area contributed by atoms with Crippen molar-refractivity contribution in [2.75, 3.05) is 5.73 Å². The van der Waals surface area contributed by atoms with Crippen molar-refractivity contribution in [3.05, 3.63) is 29.3 Å². The first kappa shape index (κ1) is 27.4. The van der Waals surface area contributed by atoms with Gasteiger partial charge in [-0.3, -0.25) is 9.59 Å². The van der Waals surface area contributed by atoms with Gasteiger partial charge in [0.2, 0.25) is 0 Å². The largest absolute Gasteiger partial charge is 0.398 e. The Kier molecular flexibility index (Phi) is 15.9. The molecule has 0 unspecified atom stereocenters. The first-order valence-corrected chi connectivity index (χ1v) is 13.1. The Balaban J connectivity index is 2.32. The molecular weight excluding hydrogens is 382 g/mol. The number of carbonyl (C=O) groups excluding carboxylic acids is 2. The van der Waals surface area contributed by atoms with Gasteiger partial charge in [0.1, 0.15) is 0 Å². The van der Waals surface area contributed by atoms with E-state index in [0.717, 1.165) is 25.7 Å². The minimum atomic E-state index is 0.0743. The molecule has 0 saturated heterocycles. The minimum Gasteiger partial charge on any atom is -0.398 e. The van der Waals surface area contributed by atoms with Crippen molar-refractivity contribution in [2.24, 2.45) is 0 Å². The summed E-state index contributed by atoms with van der Waals surface area (Å²) in [4.78, 5) is 25.2. The van der Waals surface area contributed by atoms with Crippen molar-refractivity contribution in [3.8, 4) is 0 Å². The summed E-state index contributed by atoms with van der Waals surface area (Å²) < 4.78 is 0. The molecule has 0 aliphatic carbocycles. The summed E-state index contributed by atoms with van der Waals surface area (Å²) in [5.74, 6) is 0.206. The van der Waals surface area contributed by atoms with Gasteiger partial charge in [-0.2, -0.15) is 0 Å². The van der Waals surface area contributed by atoms with Gasteiger partial charge < -0.3 is 5.73 Å². The second kappa shape index (κ2) is 18.0. The van der Waals surface area contributed by atoms with Crippen molar-refractivity contribution < 1.29 is 9.59 Å². The van der Waals surface area contributed by atoms with Gasteiger partial charge in [-0.05, 0) is 31.0 Å². The zero-order chi connectivity index (χ0) is 22.7. The molecule has 0 spiro atoms. The van der Waals surface area contributed by atoms with E-state index in [1.807, 2.05) is 0 Å². The van der Waals surface area contributed by atoms with E-state index in [4.69, 9.17) is 5.73 Å². The van der Waals surface area contributed by atoms with Crippen molar-refractivity contribution in [3.63, 3.8) is 0 Å². The van der Waals surface area contributed by atoms with Gasteiger partial charge in [-0.25, -0.2) is 0 Å². The van der Waals surface area contributed by atoms with Crippen LogP contribution >= 0.6 is 0 Å². The summed E-state index contributed by atoms with van der Waals surface area (Å²) in [6, 6.07) is 5.23. The molecule has 3 nitrogen and oxygen atoms in total. The number of hydrogen-bond acceptors (Lipinski definition) is 3. The van der Waals surface area contributed by atoms with Crippen LogP contribution < -0.4 is 5.73 Å². The smallest absolute Gasteiger partial charge is 0.164 e. The fraction of sp³-hybridized carbons (Fsp3) is 0.714. The van der Waals surface area contributed by atoms with Crippen LogP contribution in [0.1, 0.15) is 150 Å². The highest BCUT2D eigenvalue weighted by atomic mass is 16.1. The van der Waals surface area contributed by atoms with Gasteiger partial charge in [0, 0.05) is 29.7 Å². The maximum absolute atomic E-state index is 12.6. The van der Waals surface area contributed by atoms with E-state index >= 15 is 0 Å². The number of Topliss-reactive ketones (excluding diaryl/α,β-unsaturated/α-hetero) is 2. The molecule has 1 rings (SSSR count). The van der Waals surface area contributed by atoms with Crippen molar-refractivity contribution in [1.82, 2.24) is 0 Å². The van der Waals surface area contributed by atoms with Gasteiger partial charge in [0.05, 0.1) is 0 Å². The number of carbonyl (C=O) groups is 2. The first-order chi connectivity index (χ1) is 15.1. The van der Waals surface area contributed by atoms with Crippen LogP contribution in [0.5, 0.6) is 0 Å². The van der Waals surface area contributed by atoms with Crippen LogP contribution in [0.25, 0.3) is 0 Å². The number of hydrogen-bond donors (Lipinski definition) is 1. The van der Waals surface area contributed by atoms with Gasteiger partial charge in [-0.1, -0.05) is 104 Å². The molecule has 3 heteroatoms. The van der Waals surface area contributed by atoms with Gasteiger partial charge in [0.25, 0.3) is 0 Å². The fourth-order valence-electron chi connectivity index (χ4n) is 4.09. The molecule has 0 aromatic heterocycles. The Labute approximate surface area is 191 Å². The number of nitrogen functional groups attached to an aromatic ring is 1. The van der Waals surface area contributed by atoms with Crippen LogP contribution in [0.3, 0.4) is 0 Å².